The zero-order chi connectivity index (χ0) is 20.0. The second-order valence-corrected chi connectivity index (χ2v) is 6.95. The molecule has 27 heavy (non-hydrogen) atoms. The van der Waals surface area contributed by atoms with Gasteiger partial charge in [0.05, 0.1) is 5.69 Å². The van der Waals surface area contributed by atoms with Crippen molar-refractivity contribution >= 4 is 5.91 Å². The van der Waals surface area contributed by atoms with Gasteiger partial charge < -0.3 is 15.5 Å². The molecular weight excluding hydrogens is 340 g/mol. The SMILES string of the molecule is CCCCCCCCCCC#Cc1cccc(C(O)(CCO)NC(C)=O)n1. The van der Waals surface area contributed by atoms with Crippen molar-refractivity contribution in [2.24, 2.45) is 0 Å². The zero-order valence-corrected chi connectivity index (χ0v) is 16.8. The van der Waals surface area contributed by atoms with Crippen LogP contribution in [0.25, 0.3) is 0 Å². The van der Waals surface area contributed by atoms with Crippen LogP contribution < -0.4 is 5.32 Å². The lowest BCUT2D eigenvalue weighted by atomic mass is 10.0. The molecule has 0 aromatic carbocycles. The predicted octanol–water partition coefficient (Wildman–Crippen LogP) is 3.63. The number of aliphatic hydroxyl groups is 2. The number of hydrogen-bond acceptors (Lipinski definition) is 4. The van der Waals surface area contributed by atoms with Gasteiger partial charge in [-0.3, -0.25) is 4.79 Å². The quantitative estimate of drug-likeness (QED) is 0.296. The molecule has 0 aliphatic rings. The minimum Gasteiger partial charge on any atom is -0.396 e. The van der Waals surface area contributed by atoms with Gasteiger partial charge in [0.1, 0.15) is 5.69 Å². The van der Waals surface area contributed by atoms with E-state index in [0.717, 1.165) is 12.8 Å². The number of amides is 1. The van der Waals surface area contributed by atoms with Gasteiger partial charge in [-0.1, -0.05) is 63.9 Å². The minimum atomic E-state index is -1.68. The predicted molar refractivity (Wildman–Crippen MR) is 108 cm³/mol. The highest BCUT2D eigenvalue weighted by Gasteiger charge is 2.31. The fourth-order valence-electron chi connectivity index (χ4n) is 2.94. The summed E-state index contributed by atoms with van der Waals surface area (Å²) in [5, 5.41) is 22.3. The summed E-state index contributed by atoms with van der Waals surface area (Å²) in [6.07, 6.45) is 11.0. The van der Waals surface area contributed by atoms with E-state index in [1.807, 2.05) is 0 Å². The maximum absolute atomic E-state index is 11.4. The molecule has 1 unspecified atom stereocenters. The highest BCUT2D eigenvalue weighted by molar-refractivity contribution is 5.73. The smallest absolute Gasteiger partial charge is 0.219 e. The van der Waals surface area contributed by atoms with Gasteiger partial charge in [-0.25, -0.2) is 4.98 Å². The van der Waals surface area contributed by atoms with Crippen molar-refractivity contribution in [2.45, 2.75) is 83.8 Å². The Morgan fingerprint density at radius 3 is 2.44 bits per heavy atom. The lowest BCUT2D eigenvalue weighted by Gasteiger charge is -2.27. The van der Waals surface area contributed by atoms with Gasteiger partial charge >= 0.3 is 0 Å². The average molecular weight is 375 g/mol. The number of nitrogens with one attached hydrogen (secondary N) is 1. The highest BCUT2D eigenvalue weighted by atomic mass is 16.3. The van der Waals surface area contributed by atoms with Crippen LogP contribution in [0.3, 0.4) is 0 Å². The Bertz CT molecular complexity index is 621. The maximum atomic E-state index is 11.4. The number of aromatic nitrogens is 1. The molecule has 1 rings (SSSR count). The van der Waals surface area contributed by atoms with Gasteiger partial charge in [-0.05, 0) is 24.5 Å². The van der Waals surface area contributed by atoms with Crippen LogP contribution >= 0.6 is 0 Å². The molecule has 0 aliphatic carbocycles. The van der Waals surface area contributed by atoms with Crippen molar-refractivity contribution in [3.63, 3.8) is 0 Å². The Balaban J connectivity index is 2.50. The minimum absolute atomic E-state index is 0.0330. The molecule has 150 valence electrons. The van der Waals surface area contributed by atoms with E-state index in [4.69, 9.17) is 0 Å². The number of aliphatic hydroxyl groups excluding tert-OH is 1. The summed E-state index contributed by atoms with van der Waals surface area (Å²) < 4.78 is 0. The van der Waals surface area contributed by atoms with Gasteiger partial charge in [0.25, 0.3) is 0 Å². The second kappa shape index (κ2) is 13.3. The van der Waals surface area contributed by atoms with Crippen molar-refractivity contribution < 1.29 is 15.0 Å². The average Bonchev–Trinajstić information content (AvgIpc) is 2.63. The third kappa shape index (κ3) is 9.55. The summed E-state index contributed by atoms with van der Waals surface area (Å²) in [5.74, 6) is 5.77. The van der Waals surface area contributed by atoms with E-state index in [0.29, 0.717) is 5.69 Å². The van der Waals surface area contributed by atoms with Crippen molar-refractivity contribution in [1.82, 2.24) is 10.3 Å². The van der Waals surface area contributed by atoms with Crippen molar-refractivity contribution in [3.05, 3.63) is 29.6 Å². The van der Waals surface area contributed by atoms with Crippen molar-refractivity contribution in [1.29, 1.82) is 0 Å². The summed E-state index contributed by atoms with van der Waals surface area (Å²) in [6.45, 7) is 3.28. The molecule has 0 fully saturated rings. The van der Waals surface area contributed by atoms with E-state index in [9.17, 15) is 15.0 Å². The summed E-state index contributed by atoms with van der Waals surface area (Å²) in [6, 6.07) is 5.14. The van der Waals surface area contributed by atoms with E-state index in [1.165, 1.54) is 51.9 Å². The Morgan fingerprint density at radius 1 is 1.15 bits per heavy atom. The lowest BCUT2D eigenvalue weighted by Crippen LogP contribution is -2.46. The molecule has 1 atom stereocenters. The topological polar surface area (TPSA) is 82.5 Å². The fourth-order valence-corrected chi connectivity index (χ4v) is 2.94. The first kappa shape index (κ1) is 23.1. The van der Waals surface area contributed by atoms with Crippen LogP contribution in [0.2, 0.25) is 0 Å². The molecular formula is C22H34N2O3. The zero-order valence-electron chi connectivity index (χ0n) is 16.8. The molecule has 1 aromatic heterocycles. The molecule has 0 saturated carbocycles. The van der Waals surface area contributed by atoms with Gasteiger partial charge in [0, 0.05) is 26.4 Å². The second-order valence-electron chi connectivity index (χ2n) is 6.95. The van der Waals surface area contributed by atoms with E-state index in [2.05, 4.69) is 29.1 Å². The van der Waals surface area contributed by atoms with E-state index in [1.54, 1.807) is 18.2 Å². The Hall–Kier alpha value is -1.90. The standard InChI is InChI=1S/C22H34N2O3/c1-3-4-5-6-7-8-9-10-11-12-14-20-15-13-16-21(23-20)22(27,17-18-25)24-19(2)26/h13,15-16,25,27H,3-11,17-18H2,1-2H3,(H,24,26). The van der Waals surface area contributed by atoms with E-state index >= 15 is 0 Å². The number of nitrogens with zero attached hydrogens (tertiary/aromatic N) is 1. The van der Waals surface area contributed by atoms with Gasteiger partial charge in [-0.2, -0.15) is 0 Å². The fraction of sp³-hybridized carbons (Fsp3) is 0.636. The molecule has 1 heterocycles. The van der Waals surface area contributed by atoms with Crippen molar-refractivity contribution in [2.75, 3.05) is 6.61 Å². The molecule has 1 amide bonds. The summed E-state index contributed by atoms with van der Waals surface area (Å²) in [5.41, 5.74) is -0.852. The molecule has 0 spiro atoms. The molecule has 5 heteroatoms. The Morgan fingerprint density at radius 2 is 1.81 bits per heavy atom. The molecule has 0 bridgehead atoms. The van der Waals surface area contributed by atoms with E-state index < -0.39 is 5.72 Å². The molecule has 0 radical (unpaired) electrons. The summed E-state index contributed by atoms with van der Waals surface area (Å²) in [4.78, 5) is 15.7. The number of carbonyl (C=O) groups excluding carboxylic acids is 1. The van der Waals surface area contributed by atoms with Crippen LogP contribution in [0.4, 0.5) is 0 Å². The number of pyridine rings is 1. The molecule has 0 aliphatic heterocycles. The summed E-state index contributed by atoms with van der Waals surface area (Å²) >= 11 is 0. The molecule has 1 aromatic rings. The normalized spacial score (nSPS) is 12.7. The van der Waals surface area contributed by atoms with Gasteiger partial charge in [0.2, 0.25) is 5.91 Å². The number of carbonyl (C=O) groups is 1. The van der Waals surface area contributed by atoms with Crippen molar-refractivity contribution in [3.8, 4) is 11.8 Å². The Labute approximate surface area is 163 Å². The Kier molecular flexibility index (Phi) is 11.4. The monoisotopic (exact) mass is 374 g/mol. The molecule has 3 N–H and O–H groups in total. The molecule has 0 saturated heterocycles. The van der Waals surface area contributed by atoms with Crippen LogP contribution in [-0.2, 0) is 10.5 Å². The first-order valence-electron chi connectivity index (χ1n) is 10.1. The number of unbranched alkanes of at least 4 members (excludes halogenated alkanes) is 8. The van der Waals surface area contributed by atoms with Crippen LogP contribution in [0, 0.1) is 11.8 Å². The van der Waals surface area contributed by atoms with Crippen LogP contribution in [0.1, 0.15) is 89.4 Å². The first-order chi connectivity index (χ1) is 13.0. The van der Waals surface area contributed by atoms with Crippen LogP contribution in [0.5, 0.6) is 0 Å². The van der Waals surface area contributed by atoms with Gasteiger partial charge in [-0.15, -0.1) is 0 Å². The number of hydrogen-bond donors (Lipinski definition) is 3. The van der Waals surface area contributed by atoms with Crippen LogP contribution in [0.15, 0.2) is 18.2 Å². The maximum Gasteiger partial charge on any atom is 0.219 e. The lowest BCUT2D eigenvalue weighted by molar-refractivity contribution is -0.128. The number of rotatable bonds is 12. The third-order valence-electron chi connectivity index (χ3n) is 4.40. The largest absolute Gasteiger partial charge is 0.396 e. The van der Waals surface area contributed by atoms with E-state index in [-0.39, 0.29) is 24.6 Å². The first-order valence-corrected chi connectivity index (χ1v) is 10.1. The summed E-state index contributed by atoms with van der Waals surface area (Å²) in [7, 11) is 0. The molecule has 5 nitrogen and oxygen atoms in total. The third-order valence-corrected chi connectivity index (χ3v) is 4.40. The van der Waals surface area contributed by atoms with Crippen LogP contribution in [-0.4, -0.2) is 27.7 Å². The highest BCUT2D eigenvalue weighted by Crippen LogP contribution is 2.20. The van der Waals surface area contributed by atoms with Gasteiger partial charge in [0.15, 0.2) is 5.72 Å².